The van der Waals surface area contributed by atoms with Gasteiger partial charge in [-0.25, -0.2) is 0 Å². The van der Waals surface area contributed by atoms with Crippen molar-refractivity contribution in [3.63, 3.8) is 0 Å². The number of nitrogens with zero attached hydrogens (tertiary/aromatic N) is 3. The van der Waals surface area contributed by atoms with Crippen molar-refractivity contribution in [3.05, 3.63) is 53.9 Å². The number of amides is 1. The van der Waals surface area contributed by atoms with Crippen LogP contribution in [0.3, 0.4) is 0 Å². The first-order valence-corrected chi connectivity index (χ1v) is 8.79. The topological polar surface area (TPSA) is 59.4 Å². The van der Waals surface area contributed by atoms with E-state index in [1.807, 2.05) is 55.3 Å². The Hall–Kier alpha value is -2.18. The zero-order chi connectivity index (χ0) is 17.4. The second kappa shape index (κ2) is 6.61. The summed E-state index contributed by atoms with van der Waals surface area (Å²) in [6, 6.07) is 10.1. The molecule has 1 N–H and O–H groups in total. The molecule has 25 heavy (non-hydrogen) atoms. The summed E-state index contributed by atoms with van der Waals surface area (Å²) in [7, 11) is 4.10. The van der Waals surface area contributed by atoms with Gasteiger partial charge in [-0.2, -0.15) is 5.10 Å². The Kier molecular flexibility index (Phi) is 4.31. The number of carbonyl (C=O) groups excluding carboxylic acids is 1. The lowest BCUT2D eigenvalue weighted by atomic mass is 9.71. The fourth-order valence-corrected chi connectivity index (χ4v) is 4.11. The van der Waals surface area contributed by atoms with Crippen molar-refractivity contribution in [1.29, 1.82) is 0 Å². The number of carbonyl (C=O) groups is 1. The molecule has 1 amide bonds. The molecular weight excluding hydrogens is 316 g/mol. The Morgan fingerprint density at radius 3 is 3.04 bits per heavy atom. The van der Waals surface area contributed by atoms with Gasteiger partial charge in [-0.3, -0.25) is 9.48 Å². The number of rotatable bonds is 5. The normalized spacial score (nSPS) is 27.8. The average molecular weight is 340 g/mol. The summed E-state index contributed by atoms with van der Waals surface area (Å²) in [6.07, 6.45) is 4.96. The molecule has 1 aliphatic heterocycles. The van der Waals surface area contributed by atoms with E-state index >= 15 is 0 Å². The van der Waals surface area contributed by atoms with E-state index in [-0.39, 0.29) is 24.1 Å². The summed E-state index contributed by atoms with van der Waals surface area (Å²) in [6.45, 7) is 1.46. The van der Waals surface area contributed by atoms with Gasteiger partial charge in [0.05, 0.1) is 24.7 Å². The Morgan fingerprint density at radius 1 is 1.40 bits per heavy atom. The van der Waals surface area contributed by atoms with Crippen LogP contribution in [0.5, 0.6) is 0 Å². The molecule has 2 aliphatic rings. The van der Waals surface area contributed by atoms with E-state index in [1.54, 1.807) is 6.20 Å². The molecule has 0 radical (unpaired) electrons. The number of hydrogen-bond donors (Lipinski definition) is 1. The maximum Gasteiger partial charge on any atom is 0.251 e. The van der Waals surface area contributed by atoms with Gasteiger partial charge in [0, 0.05) is 30.5 Å². The molecule has 4 atom stereocenters. The summed E-state index contributed by atoms with van der Waals surface area (Å²) in [5, 5.41) is 7.46. The van der Waals surface area contributed by atoms with Gasteiger partial charge >= 0.3 is 0 Å². The molecule has 0 unspecified atom stereocenters. The van der Waals surface area contributed by atoms with Crippen molar-refractivity contribution in [2.45, 2.75) is 31.2 Å². The van der Waals surface area contributed by atoms with Gasteiger partial charge in [0.1, 0.15) is 0 Å². The first kappa shape index (κ1) is 16.3. The Morgan fingerprint density at radius 2 is 2.28 bits per heavy atom. The second-order valence-corrected chi connectivity index (χ2v) is 7.15. The van der Waals surface area contributed by atoms with Crippen LogP contribution >= 0.6 is 0 Å². The SMILES string of the molecule is CN(C)[C@@H]1[C@@H](NC(=O)c2cccc(Cn3cccn3)c2)[C@H]2CCO[C@H]21. The second-order valence-electron chi connectivity index (χ2n) is 7.15. The van der Waals surface area contributed by atoms with Crippen LogP contribution in [-0.4, -0.2) is 59.5 Å². The molecule has 4 rings (SSSR count). The molecule has 2 aromatic rings. The van der Waals surface area contributed by atoms with Crippen molar-refractivity contribution in [1.82, 2.24) is 20.0 Å². The van der Waals surface area contributed by atoms with Gasteiger partial charge in [0.15, 0.2) is 0 Å². The summed E-state index contributed by atoms with van der Waals surface area (Å²) < 4.78 is 7.67. The molecule has 6 nitrogen and oxygen atoms in total. The van der Waals surface area contributed by atoms with E-state index in [2.05, 4.69) is 15.3 Å². The Bertz CT molecular complexity index is 744. The summed E-state index contributed by atoms with van der Waals surface area (Å²) in [5.41, 5.74) is 1.76. The molecule has 1 aromatic carbocycles. The lowest BCUT2D eigenvalue weighted by molar-refractivity contribution is -0.0664. The van der Waals surface area contributed by atoms with E-state index in [9.17, 15) is 4.79 Å². The molecule has 1 aliphatic carbocycles. The van der Waals surface area contributed by atoms with Crippen LogP contribution in [0.25, 0.3) is 0 Å². The highest BCUT2D eigenvalue weighted by molar-refractivity contribution is 5.94. The van der Waals surface area contributed by atoms with Crippen molar-refractivity contribution in [2.24, 2.45) is 5.92 Å². The van der Waals surface area contributed by atoms with Gasteiger partial charge in [-0.15, -0.1) is 0 Å². The molecule has 132 valence electrons. The van der Waals surface area contributed by atoms with Gasteiger partial charge in [0.25, 0.3) is 5.91 Å². The fourth-order valence-electron chi connectivity index (χ4n) is 4.11. The van der Waals surface area contributed by atoms with Gasteiger partial charge in [-0.05, 0) is 44.3 Å². The first-order chi connectivity index (χ1) is 12.1. The number of nitrogens with one attached hydrogen (secondary N) is 1. The predicted molar refractivity (Wildman–Crippen MR) is 94.3 cm³/mol. The van der Waals surface area contributed by atoms with Gasteiger partial charge in [-0.1, -0.05) is 12.1 Å². The van der Waals surface area contributed by atoms with Crippen LogP contribution in [0.15, 0.2) is 42.7 Å². The number of likely N-dealkylation sites (N-methyl/N-ethyl adjacent to an activating group) is 1. The number of hydrogen-bond acceptors (Lipinski definition) is 4. The van der Waals surface area contributed by atoms with Crippen molar-refractivity contribution < 1.29 is 9.53 Å². The maximum absolute atomic E-state index is 12.8. The summed E-state index contributed by atoms with van der Waals surface area (Å²) in [5.74, 6) is 0.424. The zero-order valence-corrected chi connectivity index (χ0v) is 14.6. The minimum atomic E-state index is -0.00971. The van der Waals surface area contributed by atoms with Crippen molar-refractivity contribution in [3.8, 4) is 0 Å². The highest BCUT2D eigenvalue weighted by Gasteiger charge is 2.55. The molecule has 0 bridgehead atoms. The van der Waals surface area contributed by atoms with Crippen molar-refractivity contribution >= 4 is 5.91 Å². The molecular formula is C19H24N4O2. The van der Waals surface area contributed by atoms with E-state index in [0.29, 0.717) is 18.0 Å². The van der Waals surface area contributed by atoms with E-state index in [0.717, 1.165) is 18.6 Å². The van der Waals surface area contributed by atoms with Crippen LogP contribution in [0, 0.1) is 5.92 Å². The van der Waals surface area contributed by atoms with Crippen LogP contribution in [-0.2, 0) is 11.3 Å². The van der Waals surface area contributed by atoms with Gasteiger partial charge in [0.2, 0.25) is 0 Å². The standard InChI is InChI=1S/C19H24N4O2/c1-22(2)17-16(15-7-10-25-18(15)17)21-19(24)14-6-3-5-13(11-14)12-23-9-4-8-20-23/h3-6,8-9,11,15-18H,7,10,12H2,1-2H3,(H,21,24)/t15-,16+,17-,18-/m1/s1. The smallest absolute Gasteiger partial charge is 0.251 e. The maximum atomic E-state index is 12.8. The number of aromatic nitrogens is 2. The minimum Gasteiger partial charge on any atom is -0.376 e. The molecule has 2 fully saturated rings. The Balaban J connectivity index is 1.46. The number of ether oxygens (including phenoxy) is 1. The monoisotopic (exact) mass is 340 g/mol. The molecule has 2 heterocycles. The molecule has 6 heteroatoms. The van der Waals surface area contributed by atoms with E-state index in [4.69, 9.17) is 4.74 Å². The highest BCUT2D eigenvalue weighted by Crippen LogP contribution is 2.41. The third-order valence-corrected chi connectivity index (χ3v) is 5.34. The third kappa shape index (κ3) is 3.07. The highest BCUT2D eigenvalue weighted by atomic mass is 16.5. The molecule has 1 saturated carbocycles. The largest absolute Gasteiger partial charge is 0.376 e. The fraction of sp³-hybridized carbons (Fsp3) is 0.474. The third-order valence-electron chi connectivity index (χ3n) is 5.34. The lowest BCUT2D eigenvalue weighted by Crippen LogP contribution is -2.69. The molecule has 1 saturated heterocycles. The van der Waals surface area contributed by atoms with Crippen molar-refractivity contribution in [2.75, 3.05) is 20.7 Å². The van der Waals surface area contributed by atoms with Crippen LogP contribution in [0.2, 0.25) is 0 Å². The first-order valence-electron chi connectivity index (χ1n) is 8.79. The van der Waals surface area contributed by atoms with E-state index < -0.39 is 0 Å². The lowest BCUT2D eigenvalue weighted by Gasteiger charge is -2.50. The Labute approximate surface area is 147 Å². The number of benzene rings is 1. The van der Waals surface area contributed by atoms with Crippen LogP contribution in [0.1, 0.15) is 22.3 Å². The van der Waals surface area contributed by atoms with E-state index in [1.165, 1.54) is 0 Å². The average Bonchev–Trinajstić information content (AvgIpc) is 3.22. The van der Waals surface area contributed by atoms with Gasteiger partial charge < -0.3 is 15.0 Å². The van der Waals surface area contributed by atoms with Crippen LogP contribution < -0.4 is 5.32 Å². The van der Waals surface area contributed by atoms with Crippen LogP contribution in [0.4, 0.5) is 0 Å². The quantitative estimate of drug-likeness (QED) is 0.893. The molecule has 0 spiro atoms. The summed E-state index contributed by atoms with van der Waals surface area (Å²) >= 11 is 0. The molecule has 1 aromatic heterocycles. The summed E-state index contributed by atoms with van der Waals surface area (Å²) in [4.78, 5) is 14.9. The number of fused-ring (bicyclic) bond motifs is 1. The predicted octanol–water partition coefficient (Wildman–Crippen LogP) is 1.38. The zero-order valence-electron chi connectivity index (χ0n) is 14.6. The minimum absolute atomic E-state index is 0.00971.